The lowest BCUT2D eigenvalue weighted by Gasteiger charge is -2.28. The molecule has 1 aliphatic carbocycles. The van der Waals surface area contributed by atoms with Crippen LogP contribution in [-0.4, -0.2) is 17.9 Å². The zero-order valence-electron chi connectivity index (χ0n) is 14.7. The lowest BCUT2D eigenvalue weighted by molar-refractivity contribution is -0.129. The number of nitrogens with one attached hydrogen (secondary N) is 2. The minimum atomic E-state index is -0.0315. The second-order valence-corrected chi connectivity index (χ2v) is 7.25. The van der Waals surface area contributed by atoms with Crippen molar-refractivity contribution >= 4 is 29.1 Å². The maximum atomic E-state index is 12.5. The molecule has 0 spiro atoms. The first-order chi connectivity index (χ1) is 11.4. The predicted molar refractivity (Wildman–Crippen MR) is 98.2 cm³/mol. The number of amides is 2. The van der Waals surface area contributed by atoms with Crippen molar-refractivity contribution in [2.75, 3.05) is 5.32 Å². The molecule has 1 aromatic carbocycles. The Labute approximate surface area is 149 Å². The smallest absolute Gasteiger partial charge is 0.227 e. The molecule has 0 heterocycles. The van der Waals surface area contributed by atoms with E-state index in [1.165, 1.54) is 0 Å². The van der Waals surface area contributed by atoms with Crippen molar-refractivity contribution in [2.45, 2.75) is 58.9 Å². The SMILES string of the molecule is CCC(C)NC(=O)C1CCC(C(=O)Nc2cc(Cl)ccc2C)CC1. The van der Waals surface area contributed by atoms with Gasteiger partial charge in [-0.1, -0.05) is 24.6 Å². The quantitative estimate of drug-likeness (QED) is 0.831. The van der Waals surface area contributed by atoms with Gasteiger partial charge in [0.05, 0.1) is 0 Å². The molecule has 4 nitrogen and oxygen atoms in total. The van der Waals surface area contributed by atoms with Crippen molar-refractivity contribution in [2.24, 2.45) is 11.8 Å². The number of hydrogen-bond donors (Lipinski definition) is 2. The Morgan fingerprint density at radius 3 is 2.33 bits per heavy atom. The zero-order valence-corrected chi connectivity index (χ0v) is 15.5. The van der Waals surface area contributed by atoms with Crippen molar-refractivity contribution < 1.29 is 9.59 Å². The predicted octanol–water partition coefficient (Wildman–Crippen LogP) is 4.31. The van der Waals surface area contributed by atoms with Crippen LogP contribution in [0.5, 0.6) is 0 Å². The molecule has 5 heteroatoms. The summed E-state index contributed by atoms with van der Waals surface area (Å²) in [5, 5.41) is 6.64. The van der Waals surface area contributed by atoms with Crippen LogP contribution in [0.3, 0.4) is 0 Å². The number of anilines is 1. The monoisotopic (exact) mass is 350 g/mol. The fraction of sp³-hybridized carbons (Fsp3) is 0.579. The molecule has 1 aromatic rings. The van der Waals surface area contributed by atoms with E-state index in [0.717, 1.165) is 43.4 Å². The van der Waals surface area contributed by atoms with Gasteiger partial charge in [0.1, 0.15) is 0 Å². The minimum Gasteiger partial charge on any atom is -0.353 e. The lowest BCUT2D eigenvalue weighted by Crippen LogP contribution is -2.39. The molecule has 1 fully saturated rings. The van der Waals surface area contributed by atoms with Crippen LogP contribution in [0.15, 0.2) is 18.2 Å². The Morgan fingerprint density at radius 2 is 1.75 bits per heavy atom. The third kappa shape index (κ3) is 4.97. The van der Waals surface area contributed by atoms with Crippen LogP contribution in [0.2, 0.25) is 5.02 Å². The van der Waals surface area contributed by atoms with E-state index in [2.05, 4.69) is 17.6 Å². The van der Waals surface area contributed by atoms with Crippen LogP contribution in [-0.2, 0) is 9.59 Å². The topological polar surface area (TPSA) is 58.2 Å². The molecule has 132 valence electrons. The van der Waals surface area contributed by atoms with Gasteiger partial charge in [0.15, 0.2) is 0 Å². The van der Waals surface area contributed by atoms with Crippen LogP contribution in [0.1, 0.15) is 51.5 Å². The molecular weight excluding hydrogens is 324 g/mol. The highest BCUT2D eigenvalue weighted by atomic mass is 35.5. The molecule has 0 aliphatic heterocycles. The summed E-state index contributed by atoms with van der Waals surface area (Å²) >= 11 is 6.00. The van der Waals surface area contributed by atoms with Gasteiger partial charge in [-0.2, -0.15) is 0 Å². The molecule has 1 unspecified atom stereocenters. The summed E-state index contributed by atoms with van der Waals surface area (Å²) in [4.78, 5) is 24.7. The maximum Gasteiger partial charge on any atom is 0.227 e. The number of carbonyl (C=O) groups is 2. The van der Waals surface area contributed by atoms with Gasteiger partial charge in [-0.05, 0) is 63.6 Å². The van der Waals surface area contributed by atoms with E-state index >= 15 is 0 Å². The van der Waals surface area contributed by atoms with Crippen LogP contribution >= 0.6 is 11.6 Å². The fourth-order valence-corrected chi connectivity index (χ4v) is 3.22. The van der Waals surface area contributed by atoms with Crippen molar-refractivity contribution in [3.8, 4) is 0 Å². The summed E-state index contributed by atoms with van der Waals surface area (Å²) in [6.07, 6.45) is 3.99. The number of rotatable bonds is 5. The first kappa shape index (κ1) is 18.8. The highest BCUT2D eigenvalue weighted by Gasteiger charge is 2.30. The first-order valence-corrected chi connectivity index (χ1v) is 9.15. The standard InChI is InChI=1S/C19H27ClN2O2/c1-4-13(3)21-18(23)14-6-8-15(9-7-14)19(24)22-17-11-16(20)10-5-12(17)2/h5,10-11,13-15H,4,6-9H2,1-3H3,(H,21,23)(H,22,24). The molecule has 24 heavy (non-hydrogen) atoms. The third-order valence-corrected chi connectivity index (χ3v) is 5.16. The van der Waals surface area contributed by atoms with Crippen molar-refractivity contribution in [1.82, 2.24) is 5.32 Å². The van der Waals surface area contributed by atoms with Crippen LogP contribution < -0.4 is 10.6 Å². The summed E-state index contributed by atoms with van der Waals surface area (Å²) in [5.74, 6) is 0.169. The molecule has 0 radical (unpaired) electrons. The number of halogens is 1. The number of aryl methyl sites for hydroxylation is 1. The fourth-order valence-electron chi connectivity index (χ4n) is 3.04. The molecule has 1 aliphatic rings. The Bertz CT molecular complexity index is 595. The van der Waals surface area contributed by atoms with Gasteiger partial charge >= 0.3 is 0 Å². The maximum absolute atomic E-state index is 12.5. The van der Waals surface area contributed by atoms with Gasteiger partial charge < -0.3 is 10.6 Å². The second kappa shape index (κ2) is 8.52. The largest absolute Gasteiger partial charge is 0.353 e. The average Bonchev–Trinajstić information content (AvgIpc) is 2.58. The highest BCUT2D eigenvalue weighted by Crippen LogP contribution is 2.30. The van der Waals surface area contributed by atoms with E-state index in [0.29, 0.717) is 5.02 Å². The van der Waals surface area contributed by atoms with Gasteiger partial charge in [0.25, 0.3) is 0 Å². The van der Waals surface area contributed by atoms with E-state index in [4.69, 9.17) is 11.6 Å². The minimum absolute atomic E-state index is 0.0288. The molecule has 2 N–H and O–H groups in total. The van der Waals surface area contributed by atoms with E-state index in [1.54, 1.807) is 6.07 Å². The van der Waals surface area contributed by atoms with E-state index in [9.17, 15) is 9.59 Å². The summed E-state index contributed by atoms with van der Waals surface area (Å²) in [6, 6.07) is 5.70. The second-order valence-electron chi connectivity index (χ2n) is 6.81. The van der Waals surface area contributed by atoms with Crippen molar-refractivity contribution in [3.63, 3.8) is 0 Å². The van der Waals surface area contributed by atoms with Crippen LogP contribution in [0, 0.1) is 18.8 Å². The third-order valence-electron chi connectivity index (χ3n) is 4.93. The summed E-state index contributed by atoms with van der Waals surface area (Å²) in [6.45, 7) is 6.02. The average molecular weight is 351 g/mol. The Morgan fingerprint density at radius 1 is 1.17 bits per heavy atom. The summed E-state index contributed by atoms with van der Waals surface area (Å²) in [5.41, 5.74) is 1.76. The molecule has 1 saturated carbocycles. The van der Waals surface area contributed by atoms with Gasteiger partial charge in [0, 0.05) is 28.6 Å². The molecular formula is C19H27ClN2O2. The molecule has 1 atom stereocenters. The summed E-state index contributed by atoms with van der Waals surface area (Å²) in [7, 11) is 0. The van der Waals surface area contributed by atoms with Crippen molar-refractivity contribution in [3.05, 3.63) is 28.8 Å². The number of hydrogen-bond acceptors (Lipinski definition) is 2. The Kier molecular flexibility index (Phi) is 6.67. The molecule has 0 bridgehead atoms. The lowest BCUT2D eigenvalue weighted by atomic mass is 9.81. The molecule has 2 rings (SSSR count). The molecule has 2 amide bonds. The zero-order chi connectivity index (χ0) is 17.7. The van der Waals surface area contributed by atoms with Crippen molar-refractivity contribution in [1.29, 1.82) is 0 Å². The van der Waals surface area contributed by atoms with Crippen LogP contribution in [0.25, 0.3) is 0 Å². The van der Waals surface area contributed by atoms with Gasteiger partial charge in [-0.25, -0.2) is 0 Å². The van der Waals surface area contributed by atoms with E-state index < -0.39 is 0 Å². The Hall–Kier alpha value is -1.55. The van der Waals surface area contributed by atoms with Gasteiger partial charge in [-0.3, -0.25) is 9.59 Å². The molecule has 0 saturated heterocycles. The van der Waals surface area contributed by atoms with Gasteiger partial charge in [0.2, 0.25) is 11.8 Å². The first-order valence-electron chi connectivity index (χ1n) is 8.78. The Balaban J connectivity index is 1.86. The number of carbonyl (C=O) groups excluding carboxylic acids is 2. The molecule has 0 aromatic heterocycles. The van der Waals surface area contributed by atoms with E-state index in [1.807, 2.05) is 26.0 Å². The summed E-state index contributed by atoms with van der Waals surface area (Å²) < 4.78 is 0. The normalized spacial score (nSPS) is 21.8. The highest BCUT2D eigenvalue weighted by molar-refractivity contribution is 6.31. The van der Waals surface area contributed by atoms with E-state index in [-0.39, 0.29) is 29.7 Å². The van der Waals surface area contributed by atoms with Gasteiger partial charge in [-0.15, -0.1) is 0 Å². The number of benzene rings is 1. The van der Waals surface area contributed by atoms with Crippen LogP contribution in [0.4, 0.5) is 5.69 Å².